The van der Waals surface area contributed by atoms with E-state index in [1.165, 1.54) is 7.11 Å². The fourth-order valence-electron chi connectivity index (χ4n) is 2.27. The molecule has 4 N–H and O–H groups in total. The molecule has 6 nitrogen and oxygen atoms in total. The van der Waals surface area contributed by atoms with E-state index < -0.39 is 11.4 Å². The molecule has 0 heterocycles. The van der Waals surface area contributed by atoms with Crippen LogP contribution in [0.15, 0.2) is 18.2 Å². The highest BCUT2D eigenvalue weighted by Gasteiger charge is 2.44. The molecule has 1 aromatic carbocycles. The number of nitrogens with two attached hydrogens (primary N) is 1. The molecule has 0 saturated heterocycles. The normalized spacial score (nSPS) is 16.1. The zero-order chi connectivity index (χ0) is 14.8. The maximum Gasteiger partial charge on any atom is 0.311 e. The zero-order valence-corrected chi connectivity index (χ0v) is 11.3. The molecule has 1 aliphatic rings. The molecule has 1 aromatic rings. The highest BCUT2D eigenvalue weighted by molar-refractivity contribution is 5.99. The number of anilines is 1. The van der Waals surface area contributed by atoms with Gasteiger partial charge in [-0.15, -0.1) is 0 Å². The number of carbonyl (C=O) groups is 2. The van der Waals surface area contributed by atoms with Gasteiger partial charge in [0.15, 0.2) is 0 Å². The number of hydrogen-bond acceptors (Lipinski definition) is 4. The number of methoxy groups -OCH3 is 1. The highest BCUT2D eigenvalue weighted by atomic mass is 16.5. The summed E-state index contributed by atoms with van der Waals surface area (Å²) in [5, 5.41) is 11.9. The molecule has 0 aliphatic heterocycles. The predicted molar refractivity (Wildman–Crippen MR) is 73.7 cm³/mol. The number of nitrogens with one attached hydrogen (secondary N) is 1. The van der Waals surface area contributed by atoms with Gasteiger partial charge in [0, 0.05) is 12.2 Å². The summed E-state index contributed by atoms with van der Waals surface area (Å²) in [5.74, 6) is -0.711. The molecule has 1 saturated carbocycles. The average Bonchev–Trinajstić information content (AvgIpc) is 2.37. The number of ether oxygens (including phenoxy) is 1. The van der Waals surface area contributed by atoms with Crippen LogP contribution in [0.2, 0.25) is 0 Å². The number of benzene rings is 1. The third kappa shape index (κ3) is 2.54. The lowest BCUT2D eigenvalue weighted by Crippen LogP contribution is -2.47. The second-order valence-corrected chi connectivity index (χ2v) is 5.07. The highest BCUT2D eigenvalue weighted by Crippen LogP contribution is 2.40. The number of rotatable bonds is 5. The van der Waals surface area contributed by atoms with Crippen LogP contribution < -0.4 is 15.8 Å². The summed E-state index contributed by atoms with van der Waals surface area (Å²) < 4.78 is 5.05. The van der Waals surface area contributed by atoms with Crippen molar-refractivity contribution in [2.45, 2.75) is 19.3 Å². The number of carboxylic acids is 1. The number of amides is 1. The summed E-state index contributed by atoms with van der Waals surface area (Å²) in [6.45, 7) is 0.123. The van der Waals surface area contributed by atoms with E-state index in [0.29, 0.717) is 29.8 Å². The maximum atomic E-state index is 12.1. The van der Waals surface area contributed by atoms with Crippen LogP contribution in [0.1, 0.15) is 29.6 Å². The van der Waals surface area contributed by atoms with Gasteiger partial charge in [-0.3, -0.25) is 9.59 Å². The van der Waals surface area contributed by atoms with Crippen LogP contribution in [-0.2, 0) is 4.79 Å². The van der Waals surface area contributed by atoms with Gasteiger partial charge in [-0.2, -0.15) is 0 Å². The number of carboxylic acid groups (broad SMARTS) is 1. The van der Waals surface area contributed by atoms with Crippen molar-refractivity contribution in [2.75, 3.05) is 19.4 Å². The molecule has 0 radical (unpaired) electrons. The van der Waals surface area contributed by atoms with E-state index in [9.17, 15) is 14.7 Å². The number of carbonyl (C=O) groups excluding carboxylic acids is 1. The van der Waals surface area contributed by atoms with E-state index >= 15 is 0 Å². The Morgan fingerprint density at radius 2 is 2.15 bits per heavy atom. The van der Waals surface area contributed by atoms with E-state index in [-0.39, 0.29) is 12.5 Å². The van der Waals surface area contributed by atoms with Crippen molar-refractivity contribution < 1.29 is 19.4 Å². The molecule has 2 rings (SSSR count). The van der Waals surface area contributed by atoms with Crippen LogP contribution in [0.25, 0.3) is 0 Å². The molecular weight excluding hydrogens is 260 g/mol. The van der Waals surface area contributed by atoms with Gasteiger partial charge in [-0.05, 0) is 31.0 Å². The second-order valence-electron chi connectivity index (χ2n) is 5.07. The predicted octanol–water partition coefficient (Wildman–Crippen LogP) is 1.26. The molecule has 1 aliphatic carbocycles. The smallest absolute Gasteiger partial charge is 0.311 e. The molecule has 1 amide bonds. The Morgan fingerprint density at radius 1 is 1.45 bits per heavy atom. The molecule has 20 heavy (non-hydrogen) atoms. The van der Waals surface area contributed by atoms with E-state index in [2.05, 4.69) is 5.32 Å². The average molecular weight is 278 g/mol. The third-order valence-corrected chi connectivity index (χ3v) is 3.86. The molecular formula is C14H18N2O4. The third-order valence-electron chi connectivity index (χ3n) is 3.86. The van der Waals surface area contributed by atoms with Crippen molar-refractivity contribution in [3.63, 3.8) is 0 Å². The Labute approximate surface area is 116 Å². The van der Waals surface area contributed by atoms with E-state index in [1.54, 1.807) is 18.2 Å². The minimum absolute atomic E-state index is 0.123. The Bertz CT molecular complexity index is 538. The zero-order valence-electron chi connectivity index (χ0n) is 11.3. The quantitative estimate of drug-likeness (QED) is 0.704. The van der Waals surface area contributed by atoms with Gasteiger partial charge < -0.3 is 20.9 Å². The molecule has 0 unspecified atom stereocenters. The van der Waals surface area contributed by atoms with Crippen LogP contribution in [0.5, 0.6) is 5.75 Å². The standard InChI is InChI=1S/C14H18N2O4/c1-20-9-3-4-11(15)10(7-9)12(17)16-8-14(13(18)19)5-2-6-14/h3-4,7H,2,5-6,8,15H2,1H3,(H,16,17)(H,18,19). The van der Waals surface area contributed by atoms with Crippen molar-refractivity contribution in [1.29, 1.82) is 0 Å². The lowest BCUT2D eigenvalue weighted by atomic mass is 9.69. The van der Waals surface area contributed by atoms with Crippen LogP contribution in [0, 0.1) is 5.41 Å². The van der Waals surface area contributed by atoms with E-state index in [0.717, 1.165) is 6.42 Å². The fraction of sp³-hybridized carbons (Fsp3) is 0.429. The van der Waals surface area contributed by atoms with Crippen molar-refractivity contribution in [3.8, 4) is 5.75 Å². The van der Waals surface area contributed by atoms with Gasteiger partial charge in [0.2, 0.25) is 0 Å². The monoisotopic (exact) mass is 278 g/mol. The van der Waals surface area contributed by atoms with Gasteiger partial charge >= 0.3 is 5.97 Å². The maximum absolute atomic E-state index is 12.1. The first kappa shape index (κ1) is 14.2. The summed E-state index contributed by atoms with van der Waals surface area (Å²) in [5.41, 5.74) is 5.57. The van der Waals surface area contributed by atoms with E-state index in [4.69, 9.17) is 10.5 Å². The largest absolute Gasteiger partial charge is 0.497 e. The van der Waals surface area contributed by atoms with Crippen LogP contribution in [-0.4, -0.2) is 30.6 Å². The number of nitrogen functional groups attached to an aromatic ring is 1. The first-order valence-electron chi connectivity index (χ1n) is 6.44. The minimum atomic E-state index is -0.859. The summed E-state index contributed by atoms with van der Waals surface area (Å²) in [6.07, 6.45) is 2.07. The summed E-state index contributed by atoms with van der Waals surface area (Å²) in [6, 6.07) is 4.79. The fourth-order valence-corrected chi connectivity index (χ4v) is 2.27. The molecule has 0 spiro atoms. The summed E-state index contributed by atoms with van der Waals surface area (Å²) >= 11 is 0. The Hall–Kier alpha value is -2.24. The molecule has 0 atom stereocenters. The van der Waals surface area contributed by atoms with E-state index in [1.807, 2.05) is 0 Å². The summed E-state index contributed by atoms with van der Waals surface area (Å²) in [7, 11) is 1.50. The summed E-state index contributed by atoms with van der Waals surface area (Å²) in [4.78, 5) is 23.3. The van der Waals surface area contributed by atoms with Gasteiger partial charge in [-0.1, -0.05) is 6.42 Å². The van der Waals surface area contributed by atoms with Crippen LogP contribution >= 0.6 is 0 Å². The van der Waals surface area contributed by atoms with Gasteiger partial charge in [0.25, 0.3) is 5.91 Å². The molecule has 1 fully saturated rings. The first-order valence-corrected chi connectivity index (χ1v) is 6.44. The minimum Gasteiger partial charge on any atom is -0.497 e. The van der Waals surface area contributed by atoms with Crippen LogP contribution in [0.4, 0.5) is 5.69 Å². The molecule has 6 heteroatoms. The molecule has 108 valence electrons. The lowest BCUT2D eigenvalue weighted by Gasteiger charge is -2.37. The van der Waals surface area contributed by atoms with Gasteiger partial charge in [-0.25, -0.2) is 0 Å². The molecule has 0 bridgehead atoms. The SMILES string of the molecule is COc1ccc(N)c(C(=O)NCC2(C(=O)O)CCC2)c1. The van der Waals surface area contributed by atoms with Crippen molar-refractivity contribution in [1.82, 2.24) is 5.32 Å². The lowest BCUT2D eigenvalue weighted by molar-refractivity contribution is -0.153. The van der Waals surface area contributed by atoms with Crippen molar-refractivity contribution in [3.05, 3.63) is 23.8 Å². The number of aliphatic carboxylic acids is 1. The second kappa shape index (κ2) is 5.40. The Morgan fingerprint density at radius 3 is 2.65 bits per heavy atom. The van der Waals surface area contributed by atoms with Gasteiger partial charge in [0.1, 0.15) is 5.75 Å². The topological polar surface area (TPSA) is 102 Å². The Balaban J connectivity index is 2.07. The molecule has 0 aromatic heterocycles. The first-order chi connectivity index (χ1) is 9.48. The van der Waals surface area contributed by atoms with Gasteiger partial charge in [0.05, 0.1) is 18.1 Å². The number of hydrogen-bond donors (Lipinski definition) is 3. The van der Waals surface area contributed by atoms with Crippen molar-refractivity contribution >= 4 is 17.6 Å². The Kier molecular flexibility index (Phi) is 3.83. The van der Waals surface area contributed by atoms with Crippen molar-refractivity contribution in [2.24, 2.45) is 5.41 Å². The van der Waals surface area contributed by atoms with Crippen LogP contribution in [0.3, 0.4) is 0 Å².